The lowest BCUT2D eigenvalue weighted by atomic mass is 10.0. The Hall–Kier alpha value is -1.10. The number of rotatable bonds is 5. The van der Waals surface area contributed by atoms with Crippen molar-refractivity contribution in [3.05, 3.63) is 35.1 Å². The van der Waals surface area contributed by atoms with E-state index in [0.717, 1.165) is 18.6 Å². The lowest BCUT2D eigenvalue weighted by Gasteiger charge is -2.12. The third-order valence-corrected chi connectivity index (χ3v) is 2.72. The molecule has 1 atom stereocenters. The van der Waals surface area contributed by atoms with E-state index in [1.807, 2.05) is 6.92 Å². The van der Waals surface area contributed by atoms with Gasteiger partial charge in [-0.3, -0.25) is 0 Å². The van der Waals surface area contributed by atoms with Gasteiger partial charge < -0.3 is 5.11 Å². The van der Waals surface area contributed by atoms with Crippen LogP contribution < -0.4 is 0 Å². The van der Waals surface area contributed by atoms with E-state index in [1.54, 1.807) is 0 Å². The SMILES string of the molecule is CCCC(O)CCc1ccc(F)c(C(F)(F)F)c1. The van der Waals surface area contributed by atoms with Crippen LogP contribution in [0.15, 0.2) is 18.2 Å². The molecule has 0 spiro atoms. The van der Waals surface area contributed by atoms with Crippen molar-refractivity contribution in [3.8, 4) is 0 Å². The molecule has 0 amide bonds. The summed E-state index contributed by atoms with van der Waals surface area (Å²) in [6.45, 7) is 1.92. The fraction of sp³-hybridized carbons (Fsp3) is 0.538. The maximum Gasteiger partial charge on any atom is 0.419 e. The van der Waals surface area contributed by atoms with Crippen LogP contribution in [0.1, 0.15) is 37.3 Å². The Labute approximate surface area is 103 Å². The van der Waals surface area contributed by atoms with Gasteiger partial charge in [-0.25, -0.2) is 4.39 Å². The Morgan fingerprint density at radius 1 is 1.22 bits per heavy atom. The molecule has 1 unspecified atom stereocenters. The molecule has 0 saturated carbocycles. The van der Waals surface area contributed by atoms with Crippen molar-refractivity contribution in [2.45, 2.75) is 44.9 Å². The summed E-state index contributed by atoms with van der Waals surface area (Å²) in [4.78, 5) is 0. The molecule has 1 aromatic carbocycles. The van der Waals surface area contributed by atoms with Gasteiger partial charge in [0.1, 0.15) is 5.82 Å². The highest BCUT2D eigenvalue weighted by molar-refractivity contribution is 5.27. The highest BCUT2D eigenvalue weighted by Gasteiger charge is 2.34. The summed E-state index contributed by atoms with van der Waals surface area (Å²) in [6.07, 6.45) is -3.07. The molecule has 102 valence electrons. The minimum atomic E-state index is -4.68. The average molecular weight is 264 g/mol. The van der Waals surface area contributed by atoms with Gasteiger partial charge in [-0.05, 0) is 37.0 Å². The molecule has 0 radical (unpaired) electrons. The number of halogens is 4. The summed E-state index contributed by atoms with van der Waals surface area (Å²) in [6, 6.07) is 2.96. The van der Waals surface area contributed by atoms with E-state index in [1.165, 1.54) is 6.07 Å². The van der Waals surface area contributed by atoms with Crippen LogP contribution in [0, 0.1) is 5.82 Å². The van der Waals surface area contributed by atoms with Crippen molar-refractivity contribution < 1.29 is 22.7 Å². The molecule has 1 N–H and O–H groups in total. The molecule has 0 aromatic heterocycles. The molecule has 0 aliphatic heterocycles. The molecule has 0 heterocycles. The fourth-order valence-electron chi connectivity index (χ4n) is 1.76. The average Bonchev–Trinajstić information content (AvgIpc) is 2.27. The Kier molecular flexibility index (Phi) is 5.14. The quantitative estimate of drug-likeness (QED) is 0.799. The predicted molar refractivity (Wildman–Crippen MR) is 60.6 cm³/mol. The Bertz CT molecular complexity index is 387. The molecule has 1 rings (SSSR count). The molecule has 1 aromatic rings. The van der Waals surface area contributed by atoms with Gasteiger partial charge in [0.2, 0.25) is 0 Å². The Morgan fingerprint density at radius 3 is 2.44 bits per heavy atom. The lowest BCUT2D eigenvalue weighted by molar-refractivity contribution is -0.140. The highest BCUT2D eigenvalue weighted by atomic mass is 19.4. The highest BCUT2D eigenvalue weighted by Crippen LogP contribution is 2.32. The first-order chi connectivity index (χ1) is 8.34. The van der Waals surface area contributed by atoms with Crippen molar-refractivity contribution in [1.29, 1.82) is 0 Å². The summed E-state index contributed by atoms with van der Waals surface area (Å²) >= 11 is 0. The number of aliphatic hydroxyl groups is 1. The summed E-state index contributed by atoms with van der Waals surface area (Å²) in [5.41, 5.74) is -0.858. The second kappa shape index (κ2) is 6.18. The van der Waals surface area contributed by atoms with Gasteiger partial charge in [0.15, 0.2) is 0 Å². The third-order valence-electron chi connectivity index (χ3n) is 2.72. The predicted octanol–water partition coefficient (Wildman–Crippen LogP) is 3.94. The monoisotopic (exact) mass is 264 g/mol. The van der Waals surface area contributed by atoms with Gasteiger partial charge in [-0.15, -0.1) is 0 Å². The van der Waals surface area contributed by atoms with Gasteiger partial charge >= 0.3 is 6.18 Å². The number of benzene rings is 1. The molecule has 1 nitrogen and oxygen atoms in total. The first-order valence-corrected chi connectivity index (χ1v) is 5.88. The van der Waals surface area contributed by atoms with E-state index in [0.29, 0.717) is 24.8 Å². The van der Waals surface area contributed by atoms with Crippen LogP contribution in [0.5, 0.6) is 0 Å². The summed E-state index contributed by atoms with van der Waals surface area (Å²) in [5, 5.41) is 9.50. The van der Waals surface area contributed by atoms with Gasteiger partial charge in [0.25, 0.3) is 0 Å². The Balaban J connectivity index is 2.74. The van der Waals surface area contributed by atoms with E-state index in [-0.39, 0.29) is 0 Å². The first kappa shape index (κ1) is 15.0. The largest absolute Gasteiger partial charge is 0.419 e. The molecule has 0 aliphatic carbocycles. The molecule has 0 saturated heterocycles. The molecule has 0 aliphatic rings. The molecule has 5 heteroatoms. The summed E-state index contributed by atoms with van der Waals surface area (Å²) in [7, 11) is 0. The van der Waals surface area contributed by atoms with Gasteiger partial charge in [-0.2, -0.15) is 13.2 Å². The number of hydrogen-bond acceptors (Lipinski definition) is 1. The Morgan fingerprint density at radius 2 is 1.89 bits per heavy atom. The van der Waals surface area contributed by atoms with E-state index in [4.69, 9.17) is 0 Å². The van der Waals surface area contributed by atoms with E-state index < -0.39 is 23.7 Å². The molecule has 0 bridgehead atoms. The summed E-state index contributed by atoms with van der Waals surface area (Å²) < 4.78 is 50.4. The van der Waals surface area contributed by atoms with Crippen LogP contribution in [0.3, 0.4) is 0 Å². The van der Waals surface area contributed by atoms with Gasteiger partial charge in [-0.1, -0.05) is 19.4 Å². The van der Waals surface area contributed by atoms with Crippen molar-refractivity contribution >= 4 is 0 Å². The number of alkyl halides is 3. The van der Waals surface area contributed by atoms with E-state index >= 15 is 0 Å². The number of aliphatic hydroxyl groups excluding tert-OH is 1. The minimum absolute atomic E-state index is 0.310. The zero-order valence-electron chi connectivity index (χ0n) is 10.1. The third kappa shape index (κ3) is 4.29. The topological polar surface area (TPSA) is 20.2 Å². The van der Waals surface area contributed by atoms with Gasteiger partial charge in [0, 0.05) is 0 Å². The van der Waals surface area contributed by atoms with Crippen molar-refractivity contribution in [2.24, 2.45) is 0 Å². The number of hydrogen-bond donors (Lipinski definition) is 1. The molecular formula is C13H16F4O. The van der Waals surface area contributed by atoms with Crippen LogP contribution >= 0.6 is 0 Å². The zero-order chi connectivity index (χ0) is 13.8. The minimum Gasteiger partial charge on any atom is -0.393 e. The van der Waals surface area contributed by atoms with Crippen LogP contribution in [-0.2, 0) is 12.6 Å². The standard InChI is InChI=1S/C13H16F4O/c1-2-3-10(18)6-4-9-5-7-12(14)11(8-9)13(15,16)17/h5,7-8,10,18H,2-4,6H2,1H3. The molecule has 18 heavy (non-hydrogen) atoms. The van der Waals surface area contributed by atoms with Crippen LogP contribution in [-0.4, -0.2) is 11.2 Å². The first-order valence-electron chi connectivity index (χ1n) is 5.88. The van der Waals surface area contributed by atoms with Crippen LogP contribution in [0.25, 0.3) is 0 Å². The van der Waals surface area contributed by atoms with Crippen LogP contribution in [0.4, 0.5) is 17.6 Å². The maximum atomic E-state index is 13.0. The normalized spacial score (nSPS) is 13.7. The molecule has 0 fully saturated rings. The molecular weight excluding hydrogens is 248 g/mol. The smallest absolute Gasteiger partial charge is 0.393 e. The lowest BCUT2D eigenvalue weighted by Crippen LogP contribution is -2.10. The second-order valence-electron chi connectivity index (χ2n) is 4.29. The van der Waals surface area contributed by atoms with E-state index in [2.05, 4.69) is 0 Å². The van der Waals surface area contributed by atoms with Crippen molar-refractivity contribution in [1.82, 2.24) is 0 Å². The van der Waals surface area contributed by atoms with E-state index in [9.17, 15) is 22.7 Å². The fourth-order valence-corrected chi connectivity index (χ4v) is 1.76. The van der Waals surface area contributed by atoms with Gasteiger partial charge in [0.05, 0.1) is 11.7 Å². The van der Waals surface area contributed by atoms with Crippen molar-refractivity contribution in [3.63, 3.8) is 0 Å². The van der Waals surface area contributed by atoms with Crippen LogP contribution in [0.2, 0.25) is 0 Å². The maximum absolute atomic E-state index is 13.0. The second-order valence-corrected chi connectivity index (χ2v) is 4.29. The summed E-state index contributed by atoms with van der Waals surface area (Å²) in [5.74, 6) is -1.26. The van der Waals surface area contributed by atoms with Crippen molar-refractivity contribution in [2.75, 3.05) is 0 Å². The number of aryl methyl sites for hydroxylation is 1. The zero-order valence-corrected chi connectivity index (χ0v) is 10.1.